The molecule has 2 aromatic heterocycles. The van der Waals surface area contributed by atoms with Gasteiger partial charge in [-0.05, 0) is 42.3 Å². The lowest BCUT2D eigenvalue weighted by Crippen LogP contribution is -2.29. The molecule has 3 N–H and O–H groups in total. The van der Waals surface area contributed by atoms with Crippen LogP contribution < -0.4 is 11.3 Å². The maximum atomic E-state index is 5.71. The summed E-state index contributed by atoms with van der Waals surface area (Å²) in [5, 5.41) is 1.10. The van der Waals surface area contributed by atoms with Crippen molar-refractivity contribution in [2.75, 3.05) is 0 Å². The van der Waals surface area contributed by atoms with E-state index in [-0.39, 0.29) is 6.04 Å². The molecule has 0 radical (unpaired) electrons. The predicted molar refractivity (Wildman–Crippen MR) is 79.9 cm³/mol. The van der Waals surface area contributed by atoms with Gasteiger partial charge in [0.1, 0.15) is 0 Å². The molecule has 1 unspecified atom stereocenters. The van der Waals surface area contributed by atoms with E-state index in [0.717, 1.165) is 27.7 Å². The normalized spacial score (nSPS) is 12.5. The number of hydrazine groups is 1. The second-order valence-electron chi connectivity index (χ2n) is 4.82. The van der Waals surface area contributed by atoms with Crippen molar-refractivity contribution in [2.24, 2.45) is 5.84 Å². The first kappa shape index (κ1) is 12.7. The highest BCUT2D eigenvalue weighted by Gasteiger charge is 2.14. The molecule has 0 aliphatic carbocycles. The minimum atomic E-state index is -0.160. The first-order valence-electron chi connectivity index (χ1n) is 6.51. The fraction of sp³-hybridized carbons (Fsp3) is 0.125. The van der Waals surface area contributed by atoms with E-state index in [1.807, 2.05) is 49.5 Å². The monoisotopic (exact) mass is 264 g/mol. The molecule has 0 aliphatic heterocycles. The fourth-order valence-electron chi connectivity index (χ4n) is 2.32. The van der Waals surface area contributed by atoms with Crippen molar-refractivity contribution in [2.45, 2.75) is 13.0 Å². The average molecular weight is 264 g/mol. The van der Waals surface area contributed by atoms with E-state index >= 15 is 0 Å². The van der Waals surface area contributed by atoms with Crippen molar-refractivity contribution in [3.8, 4) is 0 Å². The lowest BCUT2D eigenvalue weighted by molar-refractivity contribution is 0.619. The van der Waals surface area contributed by atoms with Gasteiger partial charge in [0.25, 0.3) is 0 Å². The summed E-state index contributed by atoms with van der Waals surface area (Å²) in [6, 6.07) is 14.0. The van der Waals surface area contributed by atoms with Gasteiger partial charge in [-0.2, -0.15) is 0 Å². The molecule has 4 nitrogen and oxygen atoms in total. The van der Waals surface area contributed by atoms with Crippen LogP contribution in [0.3, 0.4) is 0 Å². The van der Waals surface area contributed by atoms with Crippen molar-refractivity contribution >= 4 is 10.9 Å². The van der Waals surface area contributed by atoms with E-state index < -0.39 is 0 Å². The Labute approximate surface area is 117 Å². The molecule has 0 aliphatic rings. The summed E-state index contributed by atoms with van der Waals surface area (Å²) in [5.41, 5.74) is 6.85. The molecular weight excluding hydrogens is 248 g/mol. The molecule has 0 saturated heterocycles. The van der Waals surface area contributed by atoms with Crippen molar-refractivity contribution < 1.29 is 0 Å². The maximum Gasteiger partial charge on any atom is 0.0896 e. The Hall–Kier alpha value is -2.30. The lowest BCUT2D eigenvalue weighted by Gasteiger charge is -2.16. The molecule has 3 aromatic rings. The van der Waals surface area contributed by atoms with Crippen LogP contribution >= 0.6 is 0 Å². The smallest absolute Gasteiger partial charge is 0.0896 e. The zero-order valence-electron chi connectivity index (χ0n) is 11.2. The molecule has 3 rings (SSSR count). The number of aryl methyl sites for hydroxylation is 1. The highest BCUT2D eigenvalue weighted by atomic mass is 15.2. The van der Waals surface area contributed by atoms with Crippen molar-refractivity contribution in [3.05, 3.63) is 71.7 Å². The summed E-state index contributed by atoms with van der Waals surface area (Å²) in [7, 11) is 0. The maximum absolute atomic E-state index is 5.71. The molecule has 1 atom stereocenters. The van der Waals surface area contributed by atoms with Gasteiger partial charge >= 0.3 is 0 Å². The summed E-state index contributed by atoms with van der Waals surface area (Å²) in [5.74, 6) is 5.71. The Bertz CT molecular complexity index is 739. The summed E-state index contributed by atoms with van der Waals surface area (Å²) in [4.78, 5) is 8.87. The number of pyridine rings is 2. The first-order valence-corrected chi connectivity index (χ1v) is 6.51. The Kier molecular flexibility index (Phi) is 3.41. The van der Waals surface area contributed by atoms with Crippen LogP contribution in [0.15, 0.2) is 54.9 Å². The van der Waals surface area contributed by atoms with Crippen molar-refractivity contribution in [1.82, 2.24) is 15.4 Å². The molecular formula is C16H16N4. The average Bonchev–Trinajstić information content (AvgIpc) is 2.48. The number of nitrogens with zero attached hydrogens (tertiary/aromatic N) is 2. The van der Waals surface area contributed by atoms with Crippen LogP contribution in [0.5, 0.6) is 0 Å². The fourth-order valence-corrected chi connectivity index (χ4v) is 2.32. The number of fused-ring (bicyclic) bond motifs is 1. The number of para-hydroxylation sites is 1. The SMILES string of the molecule is Cc1ccnc(C(NN)c2cnc3ccccc3c2)c1. The van der Waals surface area contributed by atoms with Gasteiger partial charge in [0.15, 0.2) is 0 Å². The standard InChI is InChI=1S/C16H16N4/c1-11-6-7-18-15(8-11)16(20-17)13-9-12-4-2-3-5-14(12)19-10-13/h2-10,16,20H,17H2,1H3. The molecule has 0 fully saturated rings. The van der Waals surface area contributed by atoms with E-state index in [9.17, 15) is 0 Å². The number of benzene rings is 1. The molecule has 0 saturated carbocycles. The molecule has 4 heteroatoms. The topological polar surface area (TPSA) is 63.8 Å². The van der Waals surface area contributed by atoms with E-state index in [1.54, 1.807) is 6.20 Å². The van der Waals surface area contributed by atoms with Gasteiger partial charge in [0, 0.05) is 17.8 Å². The quantitative estimate of drug-likeness (QED) is 0.563. The highest BCUT2D eigenvalue weighted by molar-refractivity contribution is 5.78. The third-order valence-corrected chi connectivity index (χ3v) is 3.34. The molecule has 2 heterocycles. The van der Waals surface area contributed by atoms with Gasteiger partial charge in [-0.25, -0.2) is 5.43 Å². The Morgan fingerprint density at radius 1 is 1.10 bits per heavy atom. The lowest BCUT2D eigenvalue weighted by atomic mass is 10.0. The van der Waals surface area contributed by atoms with Crippen LogP contribution in [-0.4, -0.2) is 9.97 Å². The first-order chi connectivity index (χ1) is 9.78. The molecule has 0 spiro atoms. The number of nitrogens with one attached hydrogen (secondary N) is 1. The number of nitrogens with two attached hydrogens (primary N) is 1. The van der Waals surface area contributed by atoms with Gasteiger partial charge < -0.3 is 0 Å². The zero-order chi connectivity index (χ0) is 13.9. The second kappa shape index (κ2) is 5.36. The third-order valence-electron chi connectivity index (χ3n) is 3.34. The molecule has 20 heavy (non-hydrogen) atoms. The van der Waals surface area contributed by atoms with Gasteiger partial charge in [-0.1, -0.05) is 18.2 Å². The van der Waals surface area contributed by atoms with E-state index in [2.05, 4.69) is 21.5 Å². The largest absolute Gasteiger partial charge is 0.271 e. The number of aromatic nitrogens is 2. The minimum absolute atomic E-state index is 0.160. The number of rotatable bonds is 3. The number of hydrogen-bond donors (Lipinski definition) is 2. The van der Waals surface area contributed by atoms with E-state index in [1.165, 1.54) is 0 Å². The van der Waals surface area contributed by atoms with Gasteiger partial charge in [0.05, 0.1) is 17.3 Å². The summed E-state index contributed by atoms with van der Waals surface area (Å²) < 4.78 is 0. The zero-order valence-corrected chi connectivity index (χ0v) is 11.2. The summed E-state index contributed by atoms with van der Waals surface area (Å²) >= 11 is 0. The van der Waals surface area contributed by atoms with Crippen LogP contribution in [-0.2, 0) is 0 Å². The third kappa shape index (κ3) is 2.39. The van der Waals surface area contributed by atoms with Crippen LogP contribution in [0, 0.1) is 6.92 Å². The van der Waals surface area contributed by atoms with Crippen molar-refractivity contribution in [1.29, 1.82) is 0 Å². The molecule has 100 valence electrons. The Balaban J connectivity index is 2.07. The van der Waals surface area contributed by atoms with Crippen LogP contribution in [0.4, 0.5) is 0 Å². The molecule has 0 bridgehead atoms. The summed E-state index contributed by atoms with van der Waals surface area (Å²) in [6.45, 7) is 2.04. The van der Waals surface area contributed by atoms with Gasteiger partial charge in [0.2, 0.25) is 0 Å². The Morgan fingerprint density at radius 3 is 2.75 bits per heavy atom. The van der Waals surface area contributed by atoms with E-state index in [0.29, 0.717) is 0 Å². The van der Waals surface area contributed by atoms with Crippen LogP contribution in [0.25, 0.3) is 10.9 Å². The minimum Gasteiger partial charge on any atom is -0.271 e. The molecule has 1 aromatic carbocycles. The second-order valence-corrected chi connectivity index (χ2v) is 4.82. The van der Waals surface area contributed by atoms with Gasteiger partial charge in [-0.3, -0.25) is 15.8 Å². The Morgan fingerprint density at radius 2 is 1.95 bits per heavy atom. The van der Waals surface area contributed by atoms with Crippen molar-refractivity contribution in [3.63, 3.8) is 0 Å². The van der Waals surface area contributed by atoms with E-state index in [4.69, 9.17) is 5.84 Å². The summed E-state index contributed by atoms with van der Waals surface area (Å²) in [6.07, 6.45) is 3.64. The molecule has 0 amide bonds. The highest BCUT2D eigenvalue weighted by Crippen LogP contribution is 2.22. The number of hydrogen-bond acceptors (Lipinski definition) is 4. The van der Waals surface area contributed by atoms with Gasteiger partial charge in [-0.15, -0.1) is 0 Å². The van der Waals surface area contributed by atoms with Crippen LogP contribution in [0.1, 0.15) is 22.9 Å². The van der Waals surface area contributed by atoms with Crippen LogP contribution in [0.2, 0.25) is 0 Å². The predicted octanol–water partition coefficient (Wildman–Crippen LogP) is 2.49.